The van der Waals surface area contributed by atoms with Crippen molar-refractivity contribution in [1.29, 1.82) is 0 Å². The third kappa shape index (κ3) is 3.36. The Balaban J connectivity index is 1.70. The number of hydrogen-bond donors (Lipinski definition) is 1. The lowest BCUT2D eigenvalue weighted by Crippen LogP contribution is -2.46. The molecule has 1 amide bonds. The summed E-state index contributed by atoms with van der Waals surface area (Å²) < 4.78 is 11.0. The Morgan fingerprint density at radius 2 is 2.14 bits per heavy atom. The fourth-order valence-corrected chi connectivity index (χ4v) is 3.00. The molecule has 0 radical (unpaired) electrons. The quantitative estimate of drug-likeness (QED) is 0.855. The van der Waals surface area contributed by atoms with E-state index in [1.165, 1.54) is 6.07 Å². The van der Waals surface area contributed by atoms with Crippen LogP contribution in [0, 0.1) is 12.8 Å². The average molecular weight is 307 g/mol. The fourth-order valence-electron chi connectivity index (χ4n) is 3.00. The Morgan fingerprint density at radius 3 is 2.86 bits per heavy atom. The number of hydrogen-bond acceptors (Lipinski definition) is 5. The van der Waals surface area contributed by atoms with Crippen LogP contribution in [0.1, 0.15) is 30.5 Å². The van der Waals surface area contributed by atoms with Crippen molar-refractivity contribution in [2.45, 2.75) is 25.9 Å². The van der Waals surface area contributed by atoms with E-state index in [1.807, 2.05) is 4.90 Å². The molecule has 7 nitrogen and oxygen atoms in total. The fraction of sp³-hybridized carbons (Fsp3) is 0.667. The van der Waals surface area contributed by atoms with Crippen LogP contribution in [0.5, 0.6) is 0 Å². The number of carbonyl (C=O) groups excluding carboxylic acids is 1. The molecule has 1 N–H and O–H groups in total. The minimum absolute atomic E-state index is 0.0429. The average Bonchev–Trinajstić information content (AvgIpc) is 2.54. The molecule has 0 saturated carbocycles. The summed E-state index contributed by atoms with van der Waals surface area (Å²) in [6.45, 7) is 4.55. The summed E-state index contributed by atoms with van der Waals surface area (Å²) in [5.74, 6) is 0.763. The monoisotopic (exact) mass is 307 g/mol. The molecule has 0 bridgehead atoms. The van der Waals surface area contributed by atoms with Gasteiger partial charge in [-0.3, -0.25) is 9.59 Å². The molecule has 22 heavy (non-hydrogen) atoms. The Bertz CT molecular complexity index is 595. The normalized spacial score (nSPS) is 23.5. The van der Waals surface area contributed by atoms with Crippen LogP contribution in [0.2, 0.25) is 0 Å². The van der Waals surface area contributed by atoms with E-state index in [4.69, 9.17) is 9.47 Å². The molecule has 0 aliphatic carbocycles. The molecule has 1 atom stereocenters. The highest BCUT2D eigenvalue weighted by Gasteiger charge is 2.31. The van der Waals surface area contributed by atoms with Gasteiger partial charge in [-0.1, -0.05) is 0 Å². The molecule has 1 aromatic heterocycles. The Hall–Kier alpha value is -1.73. The van der Waals surface area contributed by atoms with Gasteiger partial charge in [0.25, 0.3) is 5.56 Å². The minimum Gasteiger partial charge on any atom is -0.381 e. The van der Waals surface area contributed by atoms with E-state index >= 15 is 0 Å². The number of aromatic amines is 1. The van der Waals surface area contributed by atoms with E-state index < -0.39 is 0 Å². The summed E-state index contributed by atoms with van der Waals surface area (Å²) in [6.07, 6.45) is 1.23. The van der Waals surface area contributed by atoms with Crippen LogP contribution in [0.4, 0.5) is 0 Å². The van der Waals surface area contributed by atoms with Crippen LogP contribution in [-0.2, 0) is 14.3 Å². The second-order valence-corrected chi connectivity index (χ2v) is 5.79. The Kier molecular flexibility index (Phi) is 4.54. The molecule has 3 rings (SSSR count). The van der Waals surface area contributed by atoms with Crippen molar-refractivity contribution in [3.63, 3.8) is 0 Å². The van der Waals surface area contributed by atoms with E-state index in [-0.39, 0.29) is 23.5 Å². The number of H-pyrrole nitrogens is 1. The van der Waals surface area contributed by atoms with Crippen LogP contribution in [0.3, 0.4) is 0 Å². The lowest BCUT2D eigenvalue weighted by Gasteiger charge is -2.35. The Labute approximate surface area is 128 Å². The van der Waals surface area contributed by atoms with Crippen LogP contribution >= 0.6 is 0 Å². The molecule has 2 saturated heterocycles. The molecular weight excluding hydrogens is 286 g/mol. The van der Waals surface area contributed by atoms with Gasteiger partial charge in [0.2, 0.25) is 5.91 Å². The Morgan fingerprint density at radius 1 is 1.36 bits per heavy atom. The summed E-state index contributed by atoms with van der Waals surface area (Å²) in [7, 11) is 0. The molecule has 3 heterocycles. The second-order valence-electron chi connectivity index (χ2n) is 5.79. The number of nitrogens with zero attached hydrogens (tertiary/aromatic N) is 2. The van der Waals surface area contributed by atoms with Crippen molar-refractivity contribution in [2.24, 2.45) is 5.92 Å². The number of aromatic nitrogens is 2. The first-order valence-corrected chi connectivity index (χ1v) is 7.69. The van der Waals surface area contributed by atoms with Crippen molar-refractivity contribution in [3.05, 3.63) is 27.9 Å². The topological polar surface area (TPSA) is 84.5 Å². The SMILES string of the molecule is Cc1nc([C@@H]2CN(C(=O)C3CCOCC3)CCO2)cc(=O)[nH]1. The largest absolute Gasteiger partial charge is 0.381 e. The zero-order chi connectivity index (χ0) is 15.5. The number of aryl methyl sites for hydroxylation is 1. The first kappa shape index (κ1) is 15.2. The zero-order valence-electron chi connectivity index (χ0n) is 12.7. The number of nitrogens with one attached hydrogen (secondary N) is 1. The van der Waals surface area contributed by atoms with Crippen LogP contribution in [-0.4, -0.2) is 53.7 Å². The number of rotatable bonds is 2. The highest BCUT2D eigenvalue weighted by atomic mass is 16.5. The van der Waals surface area contributed by atoms with E-state index in [9.17, 15) is 9.59 Å². The molecule has 0 aromatic carbocycles. The zero-order valence-corrected chi connectivity index (χ0v) is 12.7. The third-order valence-corrected chi connectivity index (χ3v) is 4.16. The smallest absolute Gasteiger partial charge is 0.251 e. The molecule has 1 aromatic rings. The van der Waals surface area contributed by atoms with Gasteiger partial charge in [0, 0.05) is 31.7 Å². The molecule has 2 aliphatic heterocycles. The molecule has 0 spiro atoms. The summed E-state index contributed by atoms with van der Waals surface area (Å²) in [5.41, 5.74) is 0.393. The summed E-state index contributed by atoms with van der Waals surface area (Å²) in [4.78, 5) is 32.9. The van der Waals surface area contributed by atoms with Gasteiger partial charge in [-0.2, -0.15) is 0 Å². The first-order valence-electron chi connectivity index (χ1n) is 7.69. The van der Waals surface area contributed by atoms with Gasteiger partial charge in [0.1, 0.15) is 11.9 Å². The molecule has 2 aliphatic rings. The summed E-state index contributed by atoms with van der Waals surface area (Å²) >= 11 is 0. The standard InChI is InChI=1S/C15H21N3O4/c1-10-16-12(8-14(19)17-10)13-9-18(4-7-22-13)15(20)11-2-5-21-6-3-11/h8,11,13H,2-7,9H2,1H3,(H,16,17,19)/t13-/m0/s1. The van der Waals surface area contributed by atoms with Crippen molar-refractivity contribution in [3.8, 4) is 0 Å². The number of carbonyl (C=O) groups is 1. The molecule has 0 unspecified atom stereocenters. The van der Waals surface area contributed by atoms with Crippen LogP contribution < -0.4 is 5.56 Å². The second kappa shape index (κ2) is 6.58. The van der Waals surface area contributed by atoms with Crippen LogP contribution in [0.25, 0.3) is 0 Å². The predicted molar refractivity (Wildman–Crippen MR) is 78.4 cm³/mol. The highest BCUT2D eigenvalue weighted by molar-refractivity contribution is 5.79. The van der Waals surface area contributed by atoms with E-state index in [2.05, 4.69) is 9.97 Å². The van der Waals surface area contributed by atoms with Gasteiger partial charge < -0.3 is 19.4 Å². The summed E-state index contributed by atoms with van der Waals surface area (Å²) in [5, 5.41) is 0. The van der Waals surface area contributed by atoms with Gasteiger partial charge in [0.15, 0.2) is 0 Å². The predicted octanol–water partition coefficient (Wildman–Crippen LogP) is 0.405. The van der Waals surface area contributed by atoms with Gasteiger partial charge >= 0.3 is 0 Å². The highest BCUT2D eigenvalue weighted by Crippen LogP contribution is 2.24. The summed E-state index contributed by atoms with van der Waals surface area (Å²) in [6, 6.07) is 1.44. The number of ether oxygens (including phenoxy) is 2. The van der Waals surface area contributed by atoms with E-state index in [1.54, 1.807) is 6.92 Å². The maximum absolute atomic E-state index is 12.6. The van der Waals surface area contributed by atoms with E-state index in [0.29, 0.717) is 44.4 Å². The maximum atomic E-state index is 12.6. The molecular formula is C15H21N3O4. The van der Waals surface area contributed by atoms with Crippen molar-refractivity contribution < 1.29 is 14.3 Å². The van der Waals surface area contributed by atoms with Crippen LogP contribution in [0.15, 0.2) is 10.9 Å². The first-order chi connectivity index (χ1) is 10.6. The maximum Gasteiger partial charge on any atom is 0.251 e. The number of amides is 1. The molecule has 120 valence electrons. The van der Waals surface area contributed by atoms with Gasteiger partial charge in [-0.15, -0.1) is 0 Å². The lowest BCUT2D eigenvalue weighted by molar-refractivity contribution is -0.146. The minimum atomic E-state index is -0.335. The van der Waals surface area contributed by atoms with Crippen molar-refractivity contribution in [1.82, 2.24) is 14.9 Å². The van der Waals surface area contributed by atoms with Crippen molar-refractivity contribution >= 4 is 5.91 Å². The third-order valence-electron chi connectivity index (χ3n) is 4.16. The molecule has 2 fully saturated rings. The molecule has 7 heteroatoms. The van der Waals surface area contributed by atoms with Gasteiger partial charge in [-0.25, -0.2) is 4.98 Å². The lowest BCUT2D eigenvalue weighted by atomic mass is 9.98. The number of morpholine rings is 1. The van der Waals surface area contributed by atoms with E-state index in [0.717, 1.165) is 12.8 Å². The van der Waals surface area contributed by atoms with Gasteiger partial charge in [0.05, 0.1) is 18.8 Å². The van der Waals surface area contributed by atoms with Gasteiger partial charge in [-0.05, 0) is 19.8 Å². The van der Waals surface area contributed by atoms with Crippen molar-refractivity contribution in [2.75, 3.05) is 32.9 Å².